The van der Waals surface area contributed by atoms with Gasteiger partial charge < -0.3 is 20.1 Å². The Balaban J connectivity index is 2.16. The molecule has 2 atom stereocenters. The van der Waals surface area contributed by atoms with Gasteiger partial charge in [0.15, 0.2) is 0 Å². The van der Waals surface area contributed by atoms with Crippen LogP contribution in [0.5, 0.6) is 5.75 Å². The standard InChI is InChI=1S/C16H24N2O3/c1-18(2)7-6-11-4-5-15(21-3)13(8-11)14-9-12(10-17-14)16(19)20/h4-5,8,12,14,17H,6-7,9-10H2,1-3H3,(H,19,20). The Labute approximate surface area is 125 Å². The number of rotatable bonds is 6. The van der Waals surface area contributed by atoms with Crippen LogP contribution in [-0.4, -0.2) is 50.3 Å². The molecule has 2 N–H and O–H groups in total. The van der Waals surface area contributed by atoms with Crippen LogP contribution in [0, 0.1) is 5.92 Å². The minimum Gasteiger partial charge on any atom is -0.496 e. The molecule has 0 amide bonds. The molecule has 1 aromatic carbocycles. The van der Waals surface area contributed by atoms with Gasteiger partial charge in [-0.15, -0.1) is 0 Å². The maximum atomic E-state index is 11.1. The van der Waals surface area contributed by atoms with Crippen molar-refractivity contribution in [1.29, 1.82) is 0 Å². The van der Waals surface area contributed by atoms with Crippen molar-refractivity contribution < 1.29 is 14.6 Å². The van der Waals surface area contributed by atoms with Crippen LogP contribution in [0.15, 0.2) is 18.2 Å². The van der Waals surface area contributed by atoms with Gasteiger partial charge >= 0.3 is 5.97 Å². The molecule has 116 valence electrons. The first-order valence-corrected chi connectivity index (χ1v) is 7.29. The normalized spacial score (nSPS) is 21.7. The fraction of sp³-hybridized carbons (Fsp3) is 0.562. The zero-order valence-corrected chi connectivity index (χ0v) is 12.9. The summed E-state index contributed by atoms with van der Waals surface area (Å²) in [6.45, 7) is 1.51. The molecule has 1 aromatic rings. The van der Waals surface area contributed by atoms with Crippen molar-refractivity contribution in [3.63, 3.8) is 0 Å². The number of ether oxygens (including phenoxy) is 1. The third kappa shape index (κ3) is 3.95. The number of nitrogens with one attached hydrogen (secondary N) is 1. The van der Waals surface area contributed by atoms with Gasteiger partial charge in [0.25, 0.3) is 0 Å². The number of nitrogens with zero attached hydrogens (tertiary/aromatic N) is 1. The van der Waals surface area contributed by atoms with Gasteiger partial charge in [0.05, 0.1) is 13.0 Å². The van der Waals surface area contributed by atoms with E-state index in [1.807, 2.05) is 6.07 Å². The molecule has 21 heavy (non-hydrogen) atoms. The highest BCUT2D eigenvalue weighted by Crippen LogP contribution is 2.34. The van der Waals surface area contributed by atoms with Crippen molar-refractivity contribution in [2.75, 3.05) is 34.3 Å². The Bertz CT molecular complexity index is 502. The van der Waals surface area contributed by atoms with E-state index in [9.17, 15) is 4.79 Å². The SMILES string of the molecule is COc1ccc(CCN(C)C)cc1C1CC(C(=O)O)CN1. The molecule has 0 spiro atoms. The summed E-state index contributed by atoms with van der Waals surface area (Å²) in [5.41, 5.74) is 2.32. The van der Waals surface area contributed by atoms with Crippen molar-refractivity contribution in [1.82, 2.24) is 10.2 Å². The second-order valence-corrected chi connectivity index (χ2v) is 5.86. The lowest BCUT2D eigenvalue weighted by atomic mass is 9.97. The largest absolute Gasteiger partial charge is 0.496 e. The zero-order chi connectivity index (χ0) is 15.4. The maximum Gasteiger partial charge on any atom is 0.307 e. The van der Waals surface area contributed by atoms with Crippen LogP contribution in [0.4, 0.5) is 0 Å². The molecule has 1 aliphatic heterocycles. The van der Waals surface area contributed by atoms with Crippen LogP contribution in [0.1, 0.15) is 23.6 Å². The number of likely N-dealkylation sites (N-methyl/N-ethyl adjacent to an activating group) is 1. The average Bonchev–Trinajstić information content (AvgIpc) is 2.94. The predicted molar refractivity (Wildman–Crippen MR) is 81.7 cm³/mol. The van der Waals surface area contributed by atoms with E-state index >= 15 is 0 Å². The number of methoxy groups -OCH3 is 1. The fourth-order valence-corrected chi connectivity index (χ4v) is 2.73. The molecule has 5 heteroatoms. The summed E-state index contributed by atoms with van der Waals surface area (Å²) in [6, 6.07) is 6.26. The molecular formula is C16H24N2O3. The highest BCUT2D eigenvalue weighted by molar-refractivity contribution is 5.71. The number of carboxylic acids is 1. The van der Waals surface area contributed by atoms with Crippen molar-refractivity contribution in [3.05, 3.63) is 29.3 Å². The summed E-state index contributed by atoms with van der Waals surface area (Å²) in [7, 11) is 5.77. The number of carbonyl (C=O) groups is 1. The molecule has 0 aromatic heterocycles. The molecule has 2 rings (SSSR count). The van der Waals surface area contributed by atoms with E-state index in [-0.39, 0.29) is 12.0 Å². The number of hydrogen-bond donors (Lipinski definition) is 2. The highest BCUT2D eigenvalue weighted by atomic mass is 16.5. The first-order valence-electron chi connectivity index (χ1n) is 7.29. The second-order valence-electron chi connectivity index (χ2n) is 5.86. The number of benzene rings is 1. The Kier molecular flexibility index (Phi) is 5.20. The van der Waals surface area contributed by atoms with Crippen LogP contribution >= 0.6 is 0 Å². The lowest BCUT2D eigenvalue weighted by Gasteiger charge is -2.17. The first kappa shape index (κ1) is 15.8. The smallest absolute Gasteiger partial charge is 0.307 e. The number of aliphatic carboxylic acids is 1. The monoisotopic (exact) mass is 292 g/mol. The molecular weight excluding hydrogens is 268 g/mol. The Hall–Kier alpha value is -1.59. The molecule has 0 aliphatic carbocycles. The van der Waals surface area contributed by atoms with Gasteiger partial charge in [0, 0.05) is 24.7 Å². The molecule has 1 aliphatic rings. The maximum absolute atomic E-state index is 11.1. The van der Waals surface area contributed by atoms with Crippen LogP contribution < -0.4 is 10.1 Å². The molecule has 0 saturated carbocycles. The molecule has 5 nitrogen and oxygen atoms in total. The minimum absolute atomic E-state index is 0.0559. The van der Waals surface area contributed by atoms with Gasteiger partial charge in [-0.25, -0.2) is 0 Å². The Morgan fingerprint density at radius 1 is 1.48 bits per heavy atom. The molecule has 1 heterocycles. The van der Waals surface area contributed by atoms with Gasteiger partial charge in [-0.1, -0.05) is 12.1 Å². The van der Waals surface area contributed by atoms with E-state index < -0.39 is 5.97 Å². The van der Waals surface area contributed by atoms with E-state index in [1.54, 1.807) is 7.11 Å². The van der Waals surface area contributed by atoms with Crippen LogP contribution in [0.25, 0.3) is 0 Å². The third-order valence-corrected chi connectivity index (χ3v) is 4.00. The summed E-state index contributed by atoms with van der Waals surface area (Å²) in [6.07, 6.45) is 1.59. The van der Waals surface area contributed by atoms with Crippen LogP contribution in [0.3, 0.4) is 0 Å². The number of carboxylic acid groups (broad SMARTS) is 1. The first-order chi connectivity index (χ1) is 10.0. The quantitative estimate of drug-likeness (QED) is 0.832. The molecule has 2 unspecified atom stereocenters. The van der Waals surface area contributed by atoms with Gasteiger partial charge in [0.1, 0.15) is 5.75 Å². The summed E-state index contributed by atoms with van der Waals surface area (Å²) in [4.78, 5) is 13.3. The lowest BCUT2D eigenvalue weighted by Crippen LogP contribution is -2.18. The minimum atomic E-state index is -0.729. The summed E-state index contributed by atoms with van der Waals surface area (Å²) in [5, 5.41) is 12.4. The molecule has 0 bridgehead atoms. The van der Waals surface area contributed by atoms with Crippen molar-refractivity contribution in [3.8, 4) is 5.75 Å². The van der Waals surface area contributed by atoms with E-state index in [1.165, 1.54) is 5.56 Å². The molecule has 0 radical (unpaired) electrons. The fourth-order valence-electron chi connectivity index (χ4n) is 2.73. The van der Waals surface area contributed by atoms with E-state index in [4.69, 9.17) is 9.84 Å². The Morgan fingerprint density at radius 2 is 2.24 bits per heavy atom. The van der Waals surface area contributed by atoms with E-state index in [0.717, 1.165) is 24.3 Å². The van der Waals surface area contributed by atoms with Gasteiger partial charge in [0.2, 0.25) is 0 Å². The van der Waals surface area contributed by atoms with Crippen molar-refractivity contribution in [2.24, 2.45) is 5.92 Å². The Morgan fingerprint density at radius 3 is 2.81 bits per heavy atom. The van der Waals surface area contributed by atoms with Crippen molar-refractivity contribution in [2.45, 2.75) is 18.9 Å². The lowest BCUT2D eigenvalue weighted by molar-refractivity contribution is -0.141. The summed E-state index contributed by atoms with van der Waals surface area (Å²) >= 11 is 0. The number of hydrogen-bond acceptors (Lipinski definition) is 4. The van der Waals surface area contributed by atoms with Gasteiger partial charge in [-0.3, -0.25) is 4.79 Å². The average molecular weight is 292 g/mol. The molecule has 1 saturated heterocycles. The van der Waals surface area contributed by atoms with E-state index in [2.05, 4.69) is 36.4 Å². The van der Waals surface area contributed by atoms with Gasteiger partial charge in [-0.2, -0.15) is 0 Å². The summed E-state index contributed by atoms with van der Waals surface area (Å²) in [5.74, 6) is -0.218. The zero-order valence-electron chi connectivity index (χ0n) is 12.9. The van der Waals surface area contributed by atoms with Crippen molar-refractivity contribution >= 4 is 5.97 Å². The van der Waals surface area contributed by atoms with E-state index in [0.29, 0.717) is 13.0 Å². The third-order valence-electron chi connectivity index (χ3n) is 4.00. The summed E-state index contributed by atoms with van der Waals surface area (Å²) < 4.78 is 5.44. The molecule has 1 fully saturated rings. The highest BCUT2D eigenvalue weighted by Gasteiger charge is 2.31. The van der Waals surface area contributed by atoms with Crippen LogP contribution in [-0.2, 0) is 11.2 Å². The van der Waals surface area contributed by atoms with Gasteiger partial charge in [-0.05, 0) is 38.6 Å². The second kappa shape index (κ2) is 6.91. The van der Waals surface area contributed by atoms with Crippen LogP contribution in [0.2, 0.25) is 0 Å². The predicted octanol–water partition coefficient (Wildman–Crippen LogP) is 1.53. The topological polar surface area (TPSA) is 61.8 Å².